The summed E-state index contributed by atoms with van der Waals surface area (Å²) < 4.78 is 0. The molecule has 2 rings (SSSR count). The van der Waals surface area contributed by atoms with Crippen LogP contribution in [0.25, 0.3) is 0 Å². The molecule has 0 atom stereocenters. The Morgan fingerprint density at radius 1 is 1.26 bits per heavy atom. The number of hydrogen-bond donors (Lipinski definition) is 2. The van der Waals surface area contributed by atoms with E-state index in [-0.39, 0.29) is 18.1 Å². The molecule has 0 aliphatic rings. The third-order valence-corrected chi connectivity index (χ3v) is 4.65. The maximum absolute atomic E-state index is 11.8. The van der Waals surface area contributed by atoms with Gasteiger partial charge < -0.3 is 10.4 Å². The van der Waals surface area contributed by atoms with Gasteiger partial charge in [-0.15, -0.1) is 11.3 Å². The lowest BCUT2D eigenvalue weighted by molar-refractivity contribution is -0.121. The van der Waals surface area contributed by atoms with Gasteiger partial charge in [-0.25, -0.2) is 9.78 Å². The number of nitrogens with one attached hydrogen (secondary N) is 1. The fraction of sp³-hybridized carbons (Fsp3) is 0.267. The molecule has 0 saturated carbocycles. The molecule has 1 heterocycles. The molecular weight excluding hydrogens is 359 g/mol. The van der Waals surface area contributed by atoms with E-state index < -0.39 is 5.97 Å². The highest BCUT2D eigenvalue weighted by atomic mass is 35.5. The molecule has 1 aromatic heterocycles. The van der Waals surface area contributed by atoms with E-state index in [0.29, 0.717) is 27.9 Å². The Bertz CT molecular complexity index is 718. The van der Waals surface area contributed by atoms with Crippen LogP contribution in [0.15, 0.2) is 23.6 Å². The van der Waals surface area contributed by atoms with Crippen LogP contribution in [0.1, 0.15) is 33.9 Å². The summed E-state index contributed by atoms with van der Waals surface area (Å²) in [5.74, 6) is -1.17. The molecule has 122 valence electrons. The van der Waals surface area contributed by atoms with Crippen LogP contribution in [0.2, 0.25) is 10.0 Å². The minimum Gasteiger partial charge on any atom is -0.476 e. The maximum Gasteiger partial charge on any atom is 0.355 e. The number of halogens is 2. The number of carboxylic acids is 1. The lowest BCUT2D eigenvalue weighted by atomic mass is 10.1. The van der Waals surface area contributed by atoms with Gasteiger partial charge in [-0.1, -0.05) is 29.3 Å². The van der Waals surface area contributed by atoms with Gasteiger partial charge in [-0.3, -0.25) is 4.79 Å². The molecule has 0 spiro atoms. The third kappa shape index (κ3) is 5.49. The van der Waals surface area contributed by atoms with Crippen molar-refractivity contribution < 1.29 is 14.7 Å². The number of thiazole rings is 1. The molecule has 1 aromatic carbocycles. The normalized spacial score (nSPS) is 10.5. The van der Waals surface area contributed by atoms with Crippen molar-refractivity contribution in [2.45, 2.75) is 25.8 Å². The number of aromatic nitrogens is 1. The molecular formula is C15H14Cl2N2O3S. The van der Waals surface area contributed by atoms with E-state index in [4.69, 9.17) is 28.3 Å². The van der Waals surface area contributed by atoms with Crippen molar-refractivity contribution >= 4 is 46.4 Å². The van der Waals surface area contributed by atoms with Crippen LogP contribution in [0.4, 0.5) is 0 Å². The highest BCUT2D eigenvalue weighted by molar-refractivity contribution is 7.09. The first-order chi connectivity index (χ1) is 11.0. The van der Waals surface area contributed by atoms with Crippen LogP contribution in [-0.2, 0) is 17.8 Å². The maximum atomic E-state index is 11.8. The van der Waals surface area contributed by atoms with Gasteiger partial charge >= 0.3 is 5.97 Å². The summed E-state index contributed by atoms with van der Waals surface area (Å²) in [6.45, 7) is 0.240. The number of carbonyl (C=O) groups is 2. The number of aromatic carboxylic acids is 1. The van der Waals surface area contributed by atoms with Crippen LogP contribution < -0.4 is 5.32 Å². The standard InChI is InChI=1S/C15H14Cl2N2O3S/c16-10-5-4-9(6-11(10)17)2-1-3-13(20)18-7-14-19-12(8-23-14)15(21)22/h4-6,8H,1-3,7H2,(H,18,20)(H,21,22). The Kier molecular flexibility index (Phi) is 6.38. The highest BCUT2D eigenvalue weighted by Gasteiger charge is 2.09. The fourth-order valence-electron chi connectivity index (χ4n) is 1.90. The molecule has 8 heteroatoms. The van der Waals surface area contributed by atoms with Crippen LogP contribution in [-0.4, -0.2) is 22.0 Å². The van der Waals surface area contributed by atoms with Crippen molar-refractivity contribution in [2.24, 2.45) is 0 Å². The summed E-state index contributed by atoms with van der Waals surface area (Å²) in [6, 6.07) is 5.42. The van der Waals surface area contributed by atoms with E-state index in [9.17, 15) is 9.59 Å². The minimum absolute atomic E-state index is 0.00105. The van der Waals surface area contributed by atoms with Gasteiger partial charge in [0.05, 0.1) is 16.6 Å². The molecule has 5 nitrogen and oxygen atoms in total. The molecule has 2 aromatic rings. The SMILES string of the molecule is O=C(CCCc1ccc(Cl)c(Cl)c1)NCc1nc(C(=O)O)cs1. The van der Waals surface area contributed by atoms with Gasteiger partial charge in [0.15, 0.2) is 5.69 Å². The number of benzene rings is 1. The summed E-state index contributed by atoms with van der Waals surface area (Å²) in [6.07, 6.45) is 1.78. The summed E-state index contributed by atoms with van der Waals surface area (Å²) >= 11 is 13.0. The number of carbonyl (C=O) groups excluding carboxylic acids is 1. The smallest absolute Gasteiger partial charge is 0.355 e. The summed E-state index contributed by atoms with van der Waals surface area (Å²) in [5.41, 5.74) is 1.03. The lowest BCUT2D eigenvalue weighted by Gasteiger charge is -2.05. The molecule has 0 aliphatic carbocycles. The van der Waals surface area contributed by atoms with E-state index in [1.807, 2.05) is 6.07 Å². The largest absolute Gasteiger partial charge is 0.476 e. The van der Waals surface area contributed by atoms with Crippen molar-refractivity contribution in [3.05, 3.63) is 49.9 Å². The third-order valence-electron chi connectivity index (χ3n) is 3.06. The van der Waals surface area contributed by atoms with Crippen molar-refractivity contribution in [1.82, 2.24) is 10.3 Å². The van der Waals surface area contributed by atoms with Crippen LogP contribution in [0, 0.1) is 0 Å². The van der Waals surface area contributed by atoms with E-state index in [2.05, 4.69) is 10.3 Å². The monoisotopic (exact) mass is 372 g/mol. The van der Waals surface area contributed by atoms with E-state index in [1.165, 1.54) is 16.7 Å². The van der Waals surface area contributed by atoms with Gasteiger partial charge in [0.1, 0.15) is 5.01 Å². The van der Waals surface area contributed by atoms with E-state index >= 15 is 0 Å². The van der Waals surface area contributed by atoms with Gasteiger partial charge in [-0.2, -0.15) is 0 Å². The highest BCUT2D eigenvalue weighted by Crippen LogP contribution is 2.23. The second-order valence-electron chi connectivity index (χ2n) is 4.81. The van der Waals surface area contributed by atoms with Crippen molar-refractivity contribution in [2.75, 3.05) is 0 Å². The van der Waals surface area contributed by atoms with Crippen LogP contribution in [0.5, 0.6) is 0 Å². The van der Waals surface area contributed by atoms with Crippen molar-refractivity contribution in [3.63, 3.8) is 0 Å². The number of rotatable bonds is 7. The zero-order valence-corrected chi connectivity index (χ0v) is 14.3. The number of nitrogens with zero attached hydrogens (tertiary/aromatic N) is 1. The predicted molar refractivity (Wildman–Crippen MR) is 90.3 cm³/mol. The van der Waals surface area contributed by atoms with Gasteiger partial charge in [-0.05, 0) is 30.5 Å². The minimum atomic E-state index is -1.07. The van der Waals surface area contributed by atoms with Gasteiger partial charge in [0, 0.05) is 11.8 Å². The topological polar surface area (TPSA) is 79.3 Å². The first-order valence-corrected chi connectivity index (χ1v) is 8.47. The Labute approximate surface area is 147 Å². The molecule has 0 radical (unpaired) electrons. The average molecular weight is 373 g/mol. The van der Waals surface area contributed by atoms with Crippen LogP contribution in [0.3, 0.4) is 0 Å². The molecule has 1 amide bonds. The summed E-state index contributed by atoms with van der Waals surface area (Å²) in [5, 5.41) is 14.5. The van der Waals surface area contributed by atoms with E-state index in [0.717, 1.165) is 12.0 Å². The molecule has 0 bridgehead atoms. The summed E-state index contributed by atoms with van der Waals surface area (Å²) in [7, 11) is 0. The van der Waals surface area contributed by atoms with Gasteiger partial charge in [0.25, 0.3) is 0 Å². The van der Waals surface area contributed by atoms with Gasteiger partial charge in [0.2, 0.25) is 5.91 Å². The molecule has 2 N–H and O–H groups in total. The number of hydrogen-bond acceptors (Lipinski definition) is 4. The number of aryl methyl sites for hydroxylation is 1. The Hall–Kier alpha value is -1.63. The number of amides is 1. The fourth-order valence-corrected chi connectivity index (χ4v) is 2.93. The lowest BCUT2D eigenvalue weighted by Crippen LogP contribution is -2.22. The second-order valence-corrected chi connectivity index (χ2v) is 6.57. The molecule has 0 saturated heterocycles. The average Bonchev–Trinajstić information content (AvgIpc) is 2.98. The summed E-state index contributed by atoms with van der Waals surface area (Å²) in [4.78, 5) is 26.4. The van der Waals surface area contributed by atoms with Crippen LogP contribution >= 0.6 is 34.5 Å². The van der Waals surface area contributed by atoms with Crippen molar-refractivity contribution in [3.8, 4) is 0 Å². The molecule has 0 unspecified atom stereocenters. The second kappa shape index (κ2) is 8.29. The molecule has 0 fully saturated rings. The molecule has 23 heavy (non-hydrogen) atoms. The number of carboxylic acid groups (broad SMARTS) is 1. The molecule has 0 aliphatic heterocycles. The zero-order valence-electron chi connectivity index (χ0n) is 12.0. The first-order valence-electron chi connectivity index (χ1n) is 6.84. The Balaban J connectivity index is 1.72. The van der Waals surface area contributed by atoms with Crippen molar-refractivity contribution in [1.29, 1.82) is 0 Å². The Morgan fingerprint density at radius 2 is 2.04 bits per heavy atom. The zero-order chi connectivity index (χ0) is 16.8. The first kappa shape index (κ1) is 17.7. The predicted octanol–water partition coefficient (Wildman–Crippen LogP) is 3.79. The quantitative estimate of drug-likeness (QED) is 0.774. The van der Waals surface area contributed by atoms with E-state index in [1.54, 1.807) is 12.1 Å². The Morgan fingerprint density at radius 3 is 2.70 bits per heavy atom.